The Hall–Kier alpha value is -0.120. The molecule has 3 fully saturated rings. The molecule has 0 unspecified atom stereocenters. The molecule has 0 aromatic carbocycles. The zero-order valence-corrected chi connectivity index (χ0v) is 21.0. The quantitative estimate of drug-likeness (QED) is 0.477. The second-order valence-electron chi connectivity index (χ2n) is 11.4. The molecule has 0 aliphatic heterocycles. The lowest BCUT2D eigenvalue weighted by atomic mass is 9.81. The fourth-order valence-corrected chi connectivity index (χ4v) is 5.30. The van der Waals surface area contributed by atoms with Crippen LogP contribution in [0.15, 0.2) is 0 Å². The lowest BCUT2D eigenvalue weighted by Crippen LogP contribution is -2.21. The Morgan fingerprint density at radius 2 is 0.533 bits per heavy atom. The molecule has 0 aromatic rings. The highest BCUT2D eigenvalue weighted by Gasteiger charge is 2.22. The summed E-state index contributed by atoms with van der Waals surface area (Å²) in [5.74, 6) is 5.07. The van der Waals surface area contributed by atoms with E-state index in [-0.39, 0.29) is 18.3 Å². The predicted octanol–water partition coefficient (Wildman–Crippen LogP) is 6.58. The Morgan fingerprint density at radius 1 is 0.367 bits per heavy atom. The monoisotopic (exact) mass is 426 g/mol. The summed E-state index contributed by atoms with van der Waals surface area (Å²) in [5, 5.41) is 27.6. The van der Waals surface area contributed by atoms with Gasteiger partial charge in [-0.25, -0.2) is 0 Å². The molecule has 0 heterocycles. The van der Waals surface area contributed by atoms with Crippen molar-refractivity contribution in [2.75, 3.05) is 0 Å². The minimum absolute atomic E-state index is 0.00926. The molecule has 3 nitrogen and oxygen atoms in total. The van der Waals surface area contributed by atoms with Crippen LogP contribution in [0.3, 0.4) is 0 Å². The maximum absolute atomic E-state index is 9.21. The zero-order chi connectivity index (χ0) is 22.7. The van der Waals surface area contributed by atoms with Crippen molar-refractivity contribution in [2.24, 2.45) is 35.5 Å². The van der Waals surface area contributed by atoms with Gasteiger partial charge in [0.2, 0.25) is 0 Å². The average Bonchev–Trinajstić information content (AvgIpc) is 2.70. The van der Waals surface area contributed by atoms with Crippen molar-refractivity contribution in [3.63, 3.8) is 0 Å². The summed E-state index contributed by atoms with van der Waals surface area (Å²) >= 11 is 0. The van der Waals surface area contributed by atoms with E-state index < -0.39 is 0 Å². The smallest absolute Gasteiger partial charge is 0.0540 e. The van der Waals surface area contributed by atoms with Gasteiger partial charge in [0.05, 0.1) is 18.3 Å². The van der Waals surface area contributed by atoms with Crippen LogP contribution in [0.25, 0.3) is 0 Å². The van der Waals surface area contributed by atoms with E-state index in [1.165, 1.54) is 38.5 Å². The van der Waals surface area contributed by atoms with E-state index in [9.17, 15) is 15.3 Å². The van der Waals surface area contributed by atoms with E-state index in [2.05, 4.69) is 41.5 Å². The van der Waals surface area contributed by atoms with Gasteiger partial charge in [-0.1, -0.05) is 41.5 Å². The zero-order valence-electron chi connectivity index (χ0n) is 21.0. The van der Waals surface area contributed by atoms with Crippen LogP contribution in [-0.2, 0) is 0 Å². The van der Waals surface area contributed by atoms with Gasteiger partial charge in [0.1, 0.15) is 0 Å². The minimum atomic E-state index is 0.00926. The average molecular weight is 427 g/mol. The topological polar surface area (TPSA) is 60.7 Å². The summed E-state index contributed by atoms with van der Waals surface area (Å²) in [6.07, 6.45) is 13.6. The summed E-state index contributed by atoms with van der Waals surface area (Å²) in [6.45, 7) is 13.7. The molecule has 0 spiro atoms. The van der Waals surface area contributed by atoms with Gasteiger partial charge in [0.15, 0.2) is 0 Å². The maximum atomic E-state index is 9.21. The second-order valence-corrected chi connectivity index (χ2v) is 11.4. The lowest BCUT2D eigenvalue weighted by molar-refractivity contribution is 0.0961. The summed E-state index contributed by atoms with van der Waals surface area (Å²) in [5.41, 5.74) is 0. The summed E-state index contributed by atoms with van der Waals surface area (Å²) < 4.78 is 0. The number of hydrogen-bond acceptors (Lipinski definition) is 3. The molecule has 3 heteroatoms. The summed E-state index contributed by atoms with van der Waals surface area (Å²) in [6, 6.07) is 0. The van der Waals surface area contributed by atoms with Crippen molar-refractivity contribution < 1.29 is 15.3 Å². The van der Waals surface area contributed by atoms with Gasteiger partial charge >= 0.3 is 0 Å². The third-order valence-electron chi connectivity index (χ3n) is 8.05. The van der Waals surface area contributed by atoms with Gasteiger partial charge in [-0.2, -0.15) is 0 Å². The van der Waals surface area contributed by atoms with Crippen LogP contribution in [0.4, 0.5) is 0 Å². The highest BCUT2D eigenvalue weighted by Crippen LogP contribution is 2.31. The van der Waals surface area contributed by atoms with Crippen molar-refractivity contribution >= 4 is 0 Å². The first-order valence-electron chi connectivity index (χ1n) is 13.1. The molecule has 3 rings (SSSR count). The van der Waals surface area contributed by atoms with Gasteiger partial charge in [-0.05, 0) is 113 Å². The van der Waals surface area contributed by atoms with Crippen molar-refractivity contribution in [3.8, 4) is 0 Å². The number of rotatable bonds is 3. The molecule has 3 saturated carbocycles. The highest BCUT2D eigenvalue weighted by molar-refractivity contribution is 4.74. The van der Waals surface area contributed by atoms with Crippen molar-refractivity contribution in [3.05, 3.63) is 0 Å². The molecule has 0 saturated heterocycles. The molecule has 3 aliphatic rings. The summed E-state index contributed by atoms with van der Waals surface area (Å²) in [4.78, 5) is 0. The molecular formula is C27H54O3. The van der Waals surface area contributed by atoms with E-state index >= 15 is 0 Å². The van der Waals surface area contributed by atoms with Crippen molar-refractivity contribution in [1.29, 1.82) is 0 Å². The van der Waals surface area contributed by atoms with E-state index in [1.807, 2.05) is 0 Å². The number of hydrogen-bond donors (Lipinski definition) is 3. The molecule has 0 aromatic heterocycles. The first-order chi connectivity index (χ1) is 14.1. The van der Waals surface area contributed by atoms with E-state index in [0.29, 0.717) is 0 Å². The Balaban J connectivity index is 0.000000225. The Bertz CT molecular complexity index is 335. The van der Waals surface area contributed by atoms with E-state index in [1.54, 1.807) is 0 Å². The third-order valence-corrected chi connectivity index (χ3v) is 8.05. The van der Waals surface area contributed by atoms with Gasteiger partial charge in [-0.15, -0.1) is 0 Å². The fraction of sp³-hybridized carbons (Fsp3) is 1.00. The fourth-order valence-electron chi connectivity index (χ4n) is 5.30. The van der Waals surface area contributed by atoms with Gasteiger partial charge in [-0.3, -0.25) is 0 Å². The predicted molar refractivity (Wildman–Crippen MR) is 128 cm³/mol. The molecule has 30 heavy (non-hydrogen) atoms. The molecule has 0 bridgehead atoms. The third kappa shape index (κ3) is 11.5. The van der Waals surface area contributed by atoms with Crippen LogP contribution < -0.4 is 0 Å². The van der Waals surface area contributed by atoms with Gasteiger partial charge < -0.3 is 15.3 Å². The van der Waals surface area contributed by atoms with Crippen LogP contribution in [0.2, 0.25) is 0 Å². The molecule has 3 aliphatic carbocycles. The van der Waals surface area contributed by atoms with Crippen LogP contribution >= 0.6 is 0 Å². The van der Waals surface area contributed by atoms with Gasteiger partial charge in [0.25, 0.3) is 0 Å². The second kappa shape index (κ2) is 14.9. The minimum Gasteiger partial charge on any atom is -0.393 e. The van der Waals surface area contributed by atoms with Crippen LogP contribution in [0.5, 0.6) is 0 Å². The molecule has 180 valence electrons. The highest BCUT2D eigenvalue weighted by atomic mass is 16.3. The van der Waals surface area contributed by atoms with Gasteiger partial charge in [0, 0.05) is 0 Å². The first kappa shape index (κ1) is 27.9. The standard InChI is InChI=1S/3C9H18O/c3*1-7(2)8-3-5-9(10)6-4-8/h3*7-10H,3-6H2,1-2H3. The lowest BCUT2D eigenvalue weighted by Gasteiger charge is -2.27. The number of aliphatic hydroxyl groups is 3. The Morgan fingerprint density at radius 3 is 0.667 bits per heavy atom. The van der Waals surface area contributed by atoms with Crippen LogP contribution in [0, 0.1) is 35.5 Å². The number of aliphatic hydroxyl groups excluding tert-OH is 3. The normalized spacial score (nSPS) is 34.8. The molecule has 0 amide bonds. The molecule has 0 atom stereocenters. The van der Waals surface area contributed by atoms with Crippen molar-refractivity contribution in [1.82, 2.24) is 0 Å². The molecule has 3 N–H and O–H groups in total. The molecule has 0 radical (unpaired) electrons. The Labute approximate surface area is 188 Å². The molecular weight excluding hydrogens is 372 g/mol. The Kier molecular flexibility index (Phi) is 13.8. The van der Waals surface area contributed by atoms with E-state index in [0.717, 1.165) is 74.0 Å². The van der Waals surface area contributed by atoms with Crippen LogP contribution in [0.1, 0.15) is 119 Å². The van der Waals surface area contributed by atoms with E-state index in [4.69, 9.17) is 0 Å². The van der Waals surface area contributed by atoms with Crippen molar-refractivity contribution in [2.45, 2.75) is 137 Å². The largest absolute Gasteiger partial charge is 0.393 e. The maximum Gasteiger partial charge on any atom is 0.0540 e. The summed E-state index contributed by atoms with van der Waals surface area (Å²) in [7, 11) is 0. The first-order valence-corrected chi connectivity index (χ1v) is 13.1. The SMILES string of the molecule is CC(C)C1CCC(O)CC1.CC(C)C1CCC(O)CC1.CC(C)C1CCC(O)CC1. The van der Waals surface area contributed by atoms with Crippen LogP contribution in [-0.4, -0.2) is 33.6 Å².